The zero-order valence-electron chi connectivity index (χ0n) is 10.7. The standard InChI is InChI=1S/C14H20FNO/c1-14(2)12(16-3)8-13(14)17-9-10-6-4-5-7-11(10)15/h4-7,12-13,16H,8-9H2,1-3H3. The Balaban J connectivity index is 1.91. The summed E-state index contributed by atoms with van der Waals surface area (Å²) < 4.78 is 19.2. The second-order valence-electron chi connectivity index (χ2n) is 5.29. The summed E-state index contributed by atoms with van der Waals surface area (Å²) in [6.07, 6.45) is 1.21. The lowest BCUT2D eigenvalue weighted by Gasteiger charge is -2.51. The van der Waals surface area contributed by atoms with E-state index in [1.54, 1.807) is 12.1 Å². The molecule has 0 saturated heterocycles. The Morgan fingerprint density at radius 3 is 2.71 bits per heavy atom. The Bertz CT molecular complexity index is 392. The van der Waals surface area contributed by atoms with E-state index in [-0.39, 0.29) is 17.3 Å². The highest BCUT2D eigenvalue weighted by atomic mass is 19.1. The summed E-state index contributed by atoms with van der Waals surface area (Å²) in [6.45, 7) is 4.73. The van der Waals surface area contributed by atoms with Crippen LogP contribution >= 0.6 is 0 Å². The van der Waals surface area contributed by atoms with Crippen molar-refractivity contribution in [1.29, 1.82) is 0 Å². The fourth-order valence-electron chi connectivity index (χ4n) is 2.46. The van der Waals surface area contributed by atoms with Crippen LogP contribution in [0.25, 0.3) is 0 Å². The predicted octanol–water partition coefficient (Wildman–Crippen LogP) is 2.73. The highest BCUT2D eigenvalue weighted by molar-refractivity contribution is 5.16. The summed E-state index contributed by atoms with van der Waals surface area (Å²) in [7, 11) is 1.97. The van der Waals surface area contributed by atoms with Gasteiger partial charge in [0.1, 0.15) is 5.82 Å². The molecule has 2 nitrogen and oxygen atoms in total. The van der Waals surface area contributed by atoms with Gasteiger partial charge >= 0.3 is 0 Å². The number of hydrogen-bond donors (Lipinski definition) is 1. The van der Waals surface area contributed by atoms with E-state index >= 15 is 0 Å². The fraction of sp³-hybridized carbons (Fsp3) is 0.571. The van der Waals surface area contributed by atoms with Gasteiger partial charge in [-0.05, 0) is 19.5 Å². The van der Waals surface area contributed by atoms with Crippen molar-refractivity contribution >= 4 is 0 Å². The van der Waals surface area contributed by atoms with Crippen molar-refractivity contribution in [2.75, 3.05) is 7.05 Å². The minimum atomic E-state index is -0.185. The van der Waals surface area contributed by atoms with E-state index in [9.17, 15) is 4.39 Å². The van der Waals surface area contributed by atoms with Gasteiger partial charge in [0.25, 0.3) is 0 Å². The van der Waals surface area contributed by atoms with Crippen LogP contribution in [0.1, 0.15) is 25.8 Å². The third-order valence-electron chi connectivity index (χ3n) is 3.92. The van der Waals surface area contributed by atoms with Crippen LogP contribution in [0.3, 0.4) is 0 Å². The molecule has 2 unspecified atom stereocenters. The molecule has 1 aromatic carbocycles. The lowest BCUT2D eigenvalue weighted by molar-refractivity contribution is -0.123. The highest BCUT2D eigenvalue weighted by Gasteiger charge is 2.48. The first-order valence-corrected chi connectivity index (χ1v) is 6.08. The van der Waals surface area contributed by atoms with E-state index in [1.807, 2.05) is 13.1 Å². The molecule has 1 fully saturated rings. The van der Waals surface area contributed by atoms with Gasteiger partial charge in [0.15, 0.2) is 0 Å². The van der Waals surface area contributed by atoms with Crippen molar-refractivity contribution < 1.29 is 9.13 Å². The first kappa shape index (κ1) is 12.5. The summed E-state index contributed by atoms with van der Waals surface area (Å²) in [5, 5.41) is 3.28. The average molecular weight is 237 g/mol. The van der Waals surface area contributed by atoms with Crippen LogP contribution in [0.5, 0.6) is 0 Å². The second kappa shape index (κ2) is 4.75. The molecule has 1 aromatic rings. The smallest absolute Gasteiger partial charge is 0.128 e. The van der Waals surface area contributed by atoms with Crippen molar-refractivity contribution in [2.24, 2.45) is 5.41 Å². The number of nitrogens with one attached hydrogen (secondary N) is 1. The molecule has 94 valence electrons. The van der Waals surface area contributed by atoms with Crippen LogP contribution in [0.15, 0.2) is 24.3 Å². The van der Waals surface area contributed by atoms with E-state index in [2.05, 4.69) is 19.2 Å². The van der Waals surface area contributed by atoms with Crippen molar-refractivity contribution in [3.05, 3.63) is 35.6 Å². The van der Waals surface area contributed by atoms with Gasteiger partial charge in [-0.15, -0.1) is 0 Å². The molecule has 0 heterocycles. The molecule has 1 aliphatic carbocycles. The molecule has 1 N–H and O–H groups in total. The number of ether oxygens (including phenoxy) is 1. The molecule has 0 amide bonds. The van der Waals surface area contributed by atoms with Crippen LogP contribution in [0.2, 0.25) is 0 Å². The molecule has 0 aliphatic heterocycles. The predicted molar refractivity (Wildman–Crippen MR) is 66.2 cm³/mol. The van der Waals surface area contributed by atoms with Gasteiger partial charge in [0.05, 0.1) is 12.7 Å². The Morgan fingerprint density at radius 2 is 2.12 bits per heavy atom. The van der Waals surface area contributed by atoms with E-state index in [0.29, 0.717) is 18.2 Å². The summed E-state index contributed by atoms with van der Waals surface area (Å²) in [4.78, 5) is 0. The quantitative estimate of drug-likeness (QED) is 0.869. The number of halogens is 1. The largest absolute Gasteiger partial charge is 0.373 e. The summed E-state index contributed by atoms with van der Waals surface area (Å²) in [5.41, 5.74) is 0.760. The van der Waals surface area contributed by atoms with Crippen molar-refractivity contribution in [3.8, 4) is 0 Å². The maximum Gasteiger partial charge on any atom is 0.128 e. The van der Waals surface area contributed by atoms with Crippen LogP contribution in [0.4, 0.5) is 4.39 Å². The van der Waals surface area contributed by atoms with Gasteiger partial charge < -0.3 is 10.1 Å². The molecule has 0 radical (unpaired) electrons. The molecule has 0 aromatic heterocycles. The van der Waals surface area contributed by atoms with Crippen LogP contribution in [-0.2, 0) is 11.3 Å². The SMILES string of the molecule is CNC1CC(OCc2ccccc2F)C1(C)C. The Labute approximate surface area is 102 Å². The fourth-order valence-corrected chi connectivity index (χ4v) is 2.46. The van der Waals surface area contributed by atoms with E-state index < -0.39 is 0 Å². The molecule has 1 aliphatic rings. The molecule has 2 rings (SSSR count). The molecular weight excluding hydrogens is 217 g/mol. The molecule has 0 spiro atoms. The molecule has 17 heavy (non-hydrogen) atoms. The van der Waals surface area contributed by atoms with Gasteiger partial charge in [-0.25, -0.2) is 4.39 Å². The van der Waals surface area contributed by atoms with Crippen molar-refractivity contribution in [2.45, 2.75) is 39.0 Å². The Kier molecular flexibility index (Phi) is 3.50. The summed E-state index contributed by atoms with van der Waals surface area (Å²) in [6, 6.07) is 7.28. The zero-order chi connectivity index (χ0) is 12.5. The Morgan fingerprint density at radius 1 is 1.41 bits per heavy atom. The first-order valence-electron chi connectivity index (χ1n) is 6.08. The number of benzene rings is 1. The first-order chi connectivity index (χ1) is 8.05. The Hall–Kier alpha value is -0.930. The lowest BCUT2D eigenvalue weighted by Crippen LogP contribution is -2.59. The average Bonchev–Trinajstić information content (AvgIpc) is 2.30. The highest BCUT2D eigenvalue weighted by Crippen LogP contribution is 2.42. The van der Waals surface area contributed by atoms with Gasteiger partial charge in [-0.2, -0.15) is 0 Å². The number of hydrogen-bond acceptors (Lipinski definition) is 2. The maximum atomic E-state index is 13.4. The molecule has 1 saturated carbocycles. The van der Waals surface area contributed by atoms with Crippen molar-refractivity contribution in [3.63, 3.8) is 0 Å². The van der Waals surface area contributed by atoms with E-state index in [1.165, 1.54) is 6.07 Å². The molecular formula is C14H20FNO. The second-order valence-corrected chi connectivity index (χ2v) is 5.29. The lowest BCUT2D eigenvalue weighted by atomic mass is 9.64. The summed E-state index contributed by atoms with van der Waals surface area (Å²) in [5.74, 6) is -0.185. The van der Waals surface area contributed by atoms with Gasteiger partial charge in [-0.1, -0.05) is 32.0 Å². The topological polar surface area (TPSA) is 21.3 Å². The molecule has 0 bridgehead atoms. The van der Waals surface area contributed by atoms with Gasteiger partial charge in [0.2, 0.25) is 0 Å². The van der Waals surface area contributed by atoms with Crippen LogP contribution in [0, 0.1) is 11.2 Å². The third-order valence-corrected chi connectivity index (χ3v) is 3.92. The normalized spacial score (nSPS) is 26.6. The van der Waals surface area contributed by atoms with E-state index in [4.69, 9.17) is 4.74 Å². The molecule has 3 heteroatoms. The van der Waals surface area contributed by atoms with Crippen LogP contribution in [-0.4, -0.2) is 19.2 Å². The van der Waals surface area contributed by atoms with E-state index in [0.717, 1.165) is 6.42 Å². The number of rotatable bonds is 4. The third kappa shape index (κ3) is 2.35. The van der Waals surface area contributed by atoms with Gasteiger partial charge in [-0.3, -0.25) is 0 Å². The molecule has 2 atom stereocenters. The summed E-state index contributed by atoms with van der Waals surface area (Å²) >= 11 is 0. The van der Waals surface area contributed by atoms with Gasteiger partial charge in [0, 0.05) is 17.0 Å². The van der Waals surface area contributed by atoms with Crippen LogP contribution < -0.4 is 5.32 Å². The monoisotopic (exact) mass is 237 g/mol. The van der Waals surface area contributed by atoms with Crippen molar-refractivity contribution in [1.82, 2.24) is 5.32 Å². The zero-order valence-corrected chi connectivity index (χ0v) is 10.7. The minimum Gasteiger partial charge on any atom is -0.373 e. The maximum absolute atomic E-state index is 13.4. The minimum absolute atomic E-state index is 0.125.